The minimum absolute atomic E-state index is 0.367. The minimum atomic E-state index is 0.367. The molecule has 1 aromatic heterocycles. The highest BCUT2D eigenvalue weighted by Gasteiger charge is 2.14. The first-order chi connectivity index (χ1) is 11.8. The zero-order valence-corrected chi connectivity index (χ0v) is 15.3. The molecule has 0 spiro atoms. The van der Waals surface area contributed by atoms with Gasteiger partial charge in [-0.05, 0) is 11.6 Å². The summed E-state index contributed by atoms with van der Waals surface area (Å²) in [7, 11) is 0. The van der Waals surface area contributed by atoms with Crippen molar-refractivity contribution in [3.8, 4) is 21.8 Å². The van der Waals surface area contributed by atoms with E-state index in [0.717, 1.165) is 32.0 Å². The van der Waals surface area contributed by atoms with Crippen molar-refractivity contribution in [1.82, 2.24) is 4.98 Å². The lowest BCUT2D eigenvalue weighted by molar-refractivity contribution is -0.128. The van der Waals surface area contributed by atoms with Gasteiger partial charge in [0.05, 0.1) is 12.3 Å². The second kappa shape index (κ2) is 8.22. The molecule has 5 heteroatoms. The number of alkyl halides is 1. The van der Waals surface area contributed by atoms with Crippen LogP contribution in [0.4, 0.5) is 0 Å². The van der Waals surface area contributed by atoms with Crippen LogP contribution in [0.5, 0.6) is 0 Å². The van der Waals surface area contributed by atoms with Crippen LogP contribution in [0, 0.1) is 0 Å². The average molecular weight is 402 g/mol. The Bertz CT molecular complexity index is 817. The average Bonchev–Trinajstić information content (AvgIpc) is 3.07. The van der Waals surface area contributed by atoms with E-state index in [9.17, 15) is 4.79 Å². The summed E-state index contributed by atoms with van der Waals surface area (Å²) in [5.41, 5.74) is 4.37. The molecular weight excluding hydrogens is 386 g/mol. The number of hydrogen-bond donors (Lipinski definition) is 0. The standard InChI is InChI=1S/C19H16BrNO2S/c20-12-14-5-4-8-16(11-14)19-21-18(15-6-2-1-3-7-15)17(24-19)9-10-23-13-22/h1-8,11,13H,9-10,12H2. The smallest absolute Gasteiger partial charge is 0.293 e. The van der Waals surface area contributed by atoms with Crippen LogP contribution in [-0.2, 0) is 21.3 Å². The molecule has 0 saturated carbocycles. The normalized spacial score (nSPS) is 10.5. The quantitative estimate of drug-likeness (QED) is 0.314. The number of carbonyl (C=O) groups excluding carboxylic acids is 1. The van der Waals surface area contributed by atoms with Crippen LogP contribution in [0.3, 0.4) is 0 Å². The number of benzene rings is 2. The van der Waals surface area contributed by atoms with E-state index in [1.54, 1.807) is 11.3 Å². The monoisotopic (exact) mass is 401 g/mol. The Morgan fingerprint density at radius 3 is 2.62 bits per heavy atom. The molecule has 0 aliphatic carbocycles. The molecule has 24 heavy (non-hydrogen) atoms. The largest absolute Gasteiger partial charge is 0.468 e. The van der Waals surface area contributed by atoms with Crippen LogP contribution in [0.1, 0.15) is 10.4 Å². The van der Waals surface area contributed by atoms with Gasteiger partial charge in [-0.3, -0.25) is 4.79 Å². The molecule has 0 unspecified atom stereocenters. The first-order valence-corrected chi connectivity index (χ1v) is 9.51. The maximum absolute atomic E-state index is 10.4. The summed E-state index contributed by atoms with van der Waals surface area (Å²) in [4.78, 5) is 16.4. The Morgan fingerprint density at radius 2 is 1.88 bits per heavy atom. The van der Waals surface area contributed by atoms with E-state index in [-0.39, 0.29) is 0 Å². The summed E-state index contributed by atoms with van der Waals surface area (Å²) in [6.07, 6.45) is 0.665. The third-order valence-electron chi connectivity index (χ3n) is 3.59. The Morgan fingerprint density at radius 1 is 1.08 bits per heavy atom. The summed E-state index contributed by atoms with van der Waals surface area (Å²) in [6.45, 7) is 0.857. The molecular formula is C19H16BrNO2S. The summed E-state index contributed by atoms with van der Waals surface area (Å²) in [5.74, 6) is 0. The molecule has 0 N–H and O–H groups in total. The molecule has 0 saturated heterocycles. The van der Waals surface area contributed by atoms with Crippen molar-refractivity contribution >= 4 is 33.7 Å². The highest BCUT2D eigenvalue weighted by molar-refractivity contribution is 9.08. The number of halogens is 1. The molecule has 122 valence electrons. The molecule has 0 radical (unpaired) electrons. The molecule has 0 bridgehead atoms. The SMILES string of the molecule is O=COCCc1sc(-c2cccc(CBr)c2)nc1-c1ccccc1. The van der Waals surface area contributed by atoms with Gasteiger partial charge in [-0.15, -0.1) is 11.3 Å². The molecule has 0 atom stereocenters. The highest BCUT2D eigenvalue weighted by atomic mass is 79.9. The number of carbonyl (C=O) groups is 1. The summed E-state index contributed by atoms with van der Waals surface area (Å²) in [6, 6.07) is 18.5. The van der Waals surface area contributed by atoms with Gasteiger partial charge < -0.3 is 4.74 Å². The number of aromatic nitrogens is 1. The van der Waals surface area contributed by atoms with Crippen LogP contribution >= 0.6 is 27.3 Å². The van der Waals surface area contributed by atoms with Gasteiger partial charge in [-0.1, -0.05) is 64.5 Å². The van der Waals surface area contributed by atoms with Gasteiger partial charge >= 0.3 is 0 Å². The zero-order valence-electron chi connectivity index (χ0n) is 12.9. The van der Waals surface area contributed by atoms with Gasteiger partial charge in [0.15, 0.2) is 0 Å². The van der Waals surface area contributed by atoms with Crippen LogP contribution in [0.25, 0.3) is 21.8 Å². The zero-order chi connectivity index (χ0) is 16.8. The predicted molar refractivity (Wildman–Crippen MR) is 101 cm³/mol. The molecule has 3 nitrogen and oxygen atoms in total. The third kappa shape index (κ3) is 3.91. The van der Waals surface area contributed by atoms with Gasteiger partial charge in [0.25, 0.3) is 6.47 Å². The van der Waals surface area contributed by atoms with Crippen LogP contribution in [0.2, 0.25) is 0 Å². The van der Waals surface area contributed by atoms with E-state index >= 15 is 0 Å². The van der Waals surface area contributed by atoms with Crippen molar-refractivity contribution in [1.29, 1.82) is 0 Å². The topological polar surface area (TPSA) is 39.2 Å². The van der Waals surface area contributed by atoms with Gasteiger partial charge in [-0.2, -0.15) is 0 Å². The van der Waals surface area contributed by atoms with Gasteiger partial charge in [0, 0.05) is 27.8 Å². The number of ether oxygens (including phenoxy) is 1. The third-order valence-corrected chi connectivity index (χ3v) is 5.40. The molecule has 0 aliphatic heterocycles. The number of thiazole rings is 1. The number of hydrogen-bond acceptors (Lipinski definition) is 4. The molecule has 3 rings (SSSR count). The van der Waals surface area contributed by atoms with Crippen molar-refractivity contribution in [3.05, 3.63) is 65.0 Å². The fourth-order valence-electron chi connectivity index (χ4n) is 2.45. The van der Waals surface area contributed by atoms with Crippen molar-refractivity contribution in [2.24, 2.45) is 0 Å². The fourth-order valence-corrected chi connectivity index (χ4v) is 3.86. The van der Waals surface area contributed by atoms with E-state index in [0.29, 0.717) is 19.5 Å². The Hall–Kier alpha value is -1.98. The van der Waals surface area contributed by atoms with E-state index in [1.807, 2.05) is 24.3 Å². The lowest BCUT2D eigenvalue weighted by atomic mass is 10.1. The molecule has 1 heterocycles. The minimum Gasteiger partial charge on any atom is -0.468 e. The van der Waals surface area contributed by atoms with Crippen molar-refractivity contribution < 1.29 is 9.53 Å². The highest BCUT2D eigenvalue weighted by Crippen LogP contribution is 2.34. The van der Waals surface area contributed by atoms with E-state index in [1.165, 1.54) is 5.56 Å². The maximum atomic E-state index is 10.4. The van der Waals surface area contributed by atoms with Crippen LogP contribution in [0.15, 0.2) is 54.6 Å². The van der Waals surface area contributed by atoms with Gasteiger partial charge in [-0.25, -0.2) is 4.98 Å². The fraction of sp³-hybridized carbons (Fsp3) is 0.158. The van der Waals surface area contributed by atoms with Crippen molar-refractivity contribution in [2.45, 2.75) is 11.8 Å². The molecule has 0 fully saturated rings. The lowest BCUT2D eigenvalue weighted by Crippen LogP contribution is -1.96. The number of nitrogens with zero attached hydrogens (tertiary/aromatic N) is 1. The Labute approximate surface area is 153 Å². The molecule has 0 aliphatic rings. The molecule has 2 aromatic carbocycles. The lowest BCUT2D eigenvalue weighted by Gasteiger charge is -2.01. The molecule has 3 aromatic rings. The van der Waals surface area contributed by atoms with Gasteiger partial charge in [0.2, 0.25) is 0 Å². The summed E-state index contributed by atoms with van der Waals surface area (Å²) >= 11 is 5.15. The number of rotatable bonds is 7. The molecule has 0 amide bonds. The first kappa shape index (κ1) is 16.9. The van der Waals surface area contributed by atoms with Crippen molar-refractivity contribution in [3.63, 3.8) is 0 Å². The summed E-state index contributed by atoms with van der Waals surface area (Å²) in [5, 5.41) is 1.80. The van der Waals surface area contributed by atoms with E-state index in [4.69, 9.17) is 9.72 Å². The Balaban J connectivity index is 2.00. The first-order valence-electron chi connectivity index (χ1n) is 7.57. The van der Waals surface area contributed by atoms with Crippen LogP contribution in [-0.4, -0.2) is 18.1 Å². The van der Waals surface area contributed by atoms with Crippen molar-refractivity contribution in [2.75, 3.05) is 6.61 Å². The van der Waals surface area contributed by atoms with Gasteiger partial charge in [0.1, 0.15) is 5.01 Å². The summed E-state index contributed by atoms with van der Waals surface area (Å²) < 4.78 is 4.87. The maximum Gasteiger partial charge on any atom is 0.293 e. The van der Waals surface area contributed by atoms with E-state index in [2.05, 4.69) is 46.3 Å². The Kier molecular flexibility index (Phi) is 5.77. The van der Waals surface area contributed by atoms with E-state index < -0.39 is 0 Å². The van der Waals surface area contributed by atoms with Crippen LogP contribution < -0.4 is 0 Å². The predicted octanol–water partition coefficient (Wildman–Crippen LogP) is 5.09. The second-order valence-electron chi connectivity index (χ2n) is 5.21. The second-order valence-corrected chi connectivity index (χ2v) is 6.85.